The number of piperazine rings is 1. The zero-order chi connectivity index (χ0) is 36.1. The van der Waals surface area contributed by atoms with Crippen molar-refractivity contribution in [2.45, 2.75) is 50.7 Å². The second-order valence-corrected chi connectivity index (χ2v) is 14.6. The molecule has 3 fully saturated rings. The summed E-state index contributed by atoms with van der Waals surface area (Å²) in [6.07, 6.45) is 4.83. The van der Waals surface area contributed by atoms with Crippen LogP contribution in [0, 0.1) is 5.82 Å². The Balaban J connectivity index is 1.05. The topological polar surface area (TPSA) is 113 Å². The van der Waals surface area contributed by atoms with E-state index >= 15 is 4.39 Å². The number of carbonyl (C=O) groups is 2. The highest BCUT2D eigenvalue weighted by atomic mass is 35.5. The molecule has 2 amide bonds. The lowest BCUT2D eigenvalue weighted by Crippen LogP contribution is -2.66. The number of hydrogen-bond acceptors (Lipinski definition) is 9. The molecule has 3 saturated heterocycles. The minimum Gasteiger partial charge on any atom is -0.481 e. The van der Waals surface area contributed by atoms with E-state index in [4.69, 9.17) is 36.0 Å². The van der Waals surface area contributed by atoms with Gasteiger partial charge in [-0.2, -0.15) is 0 Å². The molecule has 1 aliphatic carbocycles. The van der Waals surface area contributed by atoms with Gasteiger partial charge in [0.2, 0.25) is 23.6 Å². The first kappa shape index (κ1) is 34.4. The number of pyridine rings is 1. The van der Waals surface area contributed by atoms with E-state index in [1.807, 2.05) is 29.2 Å². The van der Waals surface area contributed by atoms with Crippen LogP contribution < -0.4 is 14.8 Å². The van der Waals surface area contributed by atoms with Crippen molar-refractivity contribution in [3.05, 3.63) is 76.3 Å². The first-order valence-corrected chi connectivity index (χ1v) is 18.1. The van der Waals surface area contributed by atoms with Crippen LogP contribution in [0.1, 0.15) is 49.0 Å². The average Bonchev–Trinajstić information content (AvgIpc) is 3.75. The number of nitrogens with one attached hydrogen (secondary N) is 1. The van der Waals surface area contributed by atoms with Crippen molar-refractivity contribution in [3.63, 3.8) is 0 Å². The lowest BCUT2D eigenvalue weighted by atomic mass is 9.88. The monoisotopic (exact) mass is 725 g/mol. The quantitative estimate of drug-likeness (QED) is 0.259. The van der Waals surface area contributed by atoms with E-state index in [1.165, 1.54) is 0 Å². The lowest BCUT2D eigenvalue weighted by molar-refractivity contribution is -0.131. The highest BCUT2D eigenvalue weighted by Gasteiger charge is 2.47. The van der Waals surface area contributed by atoms with Crippen molar-refractivity contribution in [1.82, 2.24) is 35.0 Å². The number of rotatable bonds is 8. The Morgan fingerprint density at radius 3 is 2.35 bits per heavy atom. The fraction of sp³-hybridized carbons (Fsp3) is 0.410. The summed E-state index contributed by atoms with van der Waals surface area (Å²) < 4.78 is 28.1. The summed E-state index contributed by atoms with van der Waals surface area (Å²) in [7, 11) is 3.17. The Morgan fingerprint density at radius 1 is 0.962 bits per heavy atom. The van der Waals surface area contributed by atoms with Crippen LogP contribution >= 0.6 is 11.6 Å². The molecule has 2 aromatic carbocycles. The van der Waals surface area contributed by atoms with Crippen LogP contribution in [0.4, 0.5) is 4.39 Å². The SMILES string of the molecule is COc1nc(-c2cccc(-c3cccc(-c4cc5c(c(OC)n4)[C@@H](N4CCN(C(C)=O)CC4)CC5)c3F)c2Cl)cnc1CN1CC2(CCC(=O)N2)C1. The van der Waals surface area contributed by atoms with Crippen LogP contribution in [0.5, 0.6) is 11.8 Å². The molecule has 2 aromatic heterocycles. The van der Waals surface area contributed by atoms with Gasteiger partial charge in [0, 0.05) is 93.0 Å². The van der Waals surface area contributed by atoms with Gasteiger partial charge in [-0.05, 0) is 37.0 Å². The number of nitrogens with zero attached hydrogens (tertiary/aromatic N) is 6. The summed E-state index contributed by atoms with van der Waals surface area (Å²) in [5.74, 6) is 0.671. The highest BCUT2D eigenvalue weighted by Crippen LogP contribution is 2.44. The smallest absolute Gasteiger partial charge is 0.237 e. The summed E-state index contributed by atoms with van der Waals surface area (Å²) in [6, 6.07) is 12.8. The number of halogens is 2. The van der Waals surface area contributed by atoms with E-state index in [0.29, 0.717) is 82.2 Å². The van der Waals surface area contributed by atoms with Crippen LogP contribution in [0.25, 0.3) is 33.6 Å². The van der Waals surface area contributed by atoms with Gasteiger partial charge in [0.25, 0.3) is 0 Å². The van der Waals surface area contributed by atoms with Crippen molar-refractivity contribution in [2.24, 2.45) is 0 Å². The van der Waals surface area contributed by atoms with Gasteiger partial charge in [0.05, 0.1) is 42.4 Å². The Bertz CT molecular complexity index is 2060. The molecular weight excluding hydrogens is 685 g/mol. The van der Waals surface area contributed by atoms with Gasteiger partial charge in [-0.15, -0.1) is 0 Å². The Morgan fingerprint density at radius 2 is 1.65 bits per heavy atom. The van der Waals surface area contributed by atoms with Crippen molar-refractivity contribution in [3.8, 4) is 45.4 Å². The molecule has 1 N–H and O–H groups in total. The summed E-state index contributed by atoms with van der Waals surface area (Å²) in [5.41, 5.74) is 5.54. The van der Waals surface area contributed by atoms with Gasteiger partial charge in [0.1, 0.15) is 11.5 Å². The van der Waals surface area contributed by atoms with E-state index in [9.17, 15) is 9.59 Å². The van der Waals surface area contributed by atoms with Crippen LogP contribution in [0.3, 0.4) is 0 Å². The number of methoxy groups -OCH3 is 2. The van der Waals surface area contributed by atoms with Crippen molar-refractivity contribution in [2.75, 3.05) is 53.5 Å². The maximum Gasteiger partial charge on any atom is 0.237 e. The van der Waals surface area contributed by atoms with Gasteiger partial charge in [-0.3, -0.25) is 24.4 Å². The van der Waals surface area contributed by atoms with Gasteiger partial charge in [-0.25, -0.2) is 14.4 Å². The van der Waals surface area contributed by atoms with E-state index in [1.54, 1.807) is 45.5 Å². The Hall–Kier alpha value is -4.65. The van der Waals surface area contributed by atoms with Gasteiger partial charge in [-0.1, -0.05) is 41.9 Å². The largest absolute Gasteiger partial charge is 0.481 e. The number of carbonyl (C=O) groups excluding carboxylic acids is 2. The molecule has 0 saturated carbocycles. The van der Waals surface area contributed by atoms with Gasteiger partial charge >= 0.3 is 0 Å². The summed E-state index contributed by atoms with van der Waals surface area (Å²) in [4.78, 5) is 44.4. The standard InChI is InChI=1S/C39H41ClFN7O4/c1-23(49)47-14-16-48(17-15-47)32-11-10-24-18-29(43-38(52-3)34(24)32)28-9-5-7-26(36(28)41)25-6-4-8-27(35(25)40)30-19-42-31(37(44-30)51-2)20-46-21-39(22-46)13-12-33(50)45-39/h4-9,18-19,32H,10-17,20-22H2,1-3H3,(H,45,50)/t32-/m0/s1. The van der Waals surface area contributed by atoms with Crippen molar-refractivity contribution < 1.29 is 23.5 Å². The zero-order valence-electron chi connectivity index (χ0n) is 29.5. The van der Waals surface area contributed by atoms with E-state index in [0.717, 1.165) is 56.6 Å². The first-order chi connectivity index (χ1) is 25.2. The lowest BCUT2D eigenvalue weighted by Gasteiger charge is -2.47. The fourth-order valence-electron chi connectivity index (χ4n) is 8.41. The minimum absolute atomic E-state index is 0.102. The molecule has 0 radical (unpaired) electrons. The van der Waals surface area contributed by atoms with Crippen LogP contribution in [-0.4, -0.2) is 100 Å². The second kappa shape index (κ2) is 13.7. The number of ether oxygens (including phenoxy) is 2. The molecular formula is C39H41ClFN7O4. The molecule has 1 atom stereocenters. The van der Waals surface area contributed by atoms with Gasteiger partial charge in [0.15, 0.2) is 0 Å². The first-order valence-electron chi connectivity index (χ1n) is 17.8. The third-order valence-corrected chi connectivity index (χ3v) is 11.4. The van der Waals surface area contributed by atoms with Gasteiger partial charge < -0.3 is 19.7 Å². The molecule has 5 heterocycles. The summed E-state index contributed by atoms with van der Waals surface area (Å²) in [5, 5.41) is 3.45. The second-order valence-electron chi connectivity index (χ2n) is 14.2. The third-order valence-electron chi connectivity index (χ3n) is 11.0. The number of benzene rings is 2. The molecule has 270 valence electrons. The highest BCUT2D eigenvalue weighted by molar-refractivity contribution is 6.36. The predicted octanol–water partition coefficient (Wildman–Crippen LogP) is 5.30. The molecule has 4 aliphatic rings. The Labute approximate surface area is 307 Å². The number of amides is 2. The minimum atomic E-state index is -0.435. The molecule has 8 rings (SSSR count). The number of aromatic nitrogens is 3. The molecule has 4 aromatic rings. The summed E-state index contributed by atoms with van der Waals surface area (Å²) >= 11 is 7.04. The molecule has 0 bridgehead atoms. The van der Waals surface area contributed by atoms with Crippen LogP contribution in [0.15, 0.2) is 48.7 Å². The average molecular weight is 726 g/mol. The normalized spacial score (nSPS) is 19.8. The number of hydrogen-bond donors (Lipinski definition) is 1. The van der Waals surface area contributed by atoms with E-state index in [2.05, 4.69) is 15.1 Å². The molecule has 11 nitrogen and oxygen atoms in total. The Kier molecular flexibility index (Phi) is 9.09. The van der Waals surface area contributed by atoms with E-state index in [-0.39, 0.29) is 23.4 Å². The maximum atomic E-state index is 16.6. The number of aryl methyl sites for hydroxylation is 1. The maximum absolute atomic E-state index is 16.6. The number of fused-ring (bicyclic) bond motifs is 1. The third kappa shape index (κ3) is 6.16. The molecule has 13 heteroatoms. The van der Waals surface area contributed by atoms with Crippen LogP contribution in [0.2, 0.25) is 5.02 Å². The zero-order valence-corrected chi connectivity index (χ0v) is 30.3. The van der Waals surface area contributed by atoms with E-state index < -0.39 is 5.82 Å². The molecule has 0 unspecified atom stereocenters. The van der Waals surface area contributed by atoms with Crippen LogP contribution in [-0.2, 0) is 22.6 Å². The predicted molar refractivity (Wildman–Crippen MR) is 194 cm³/mol. The molecule has 3 aliphatic heterocycles. The van der Waals surface area contributed by atoms with Crippen molar-refractivity contribution in [1.29, 1.82) is 0 Å². The number of likely N-dealkylation sites (tertiary alicyclic amines) is 1. The van der Waals surface area contributed by atoms with Crippen molar-refractivity contribution >= 4 is 23.4 Å². The molecule has 1 spiro atoms. The molecule has 52 heavy (non-hydrogen) atoms. The summed E-state index contributed by atoms with van der Waals surface area (Å²) in [6.45, 7) is 6.65. The fourth-order valence-corrected chi connectivity index (χ4v) is 8.73.